The smallest absolute Gasteiger partial charge is 0.200 e. The number of rotatable bonds is 4. The van der Waals surface area contributed by atoms with Gasteiger partial charge in [-0.05, 0) is 12.1 Å². The minimum atomic E-state index is -0.713. The molecule has 0 aliphatic heterocycles. The van der Waals surface area contributed by atoms with Crippen LogP contribution in [-0.4, -0.2) is 36.4 Å². The van der Waals surface area contributed by atoms with Gasteiger partial charge in [0.25, 0.3) is 0 Å². The Balaban J connectivity index is 2.18. The largest absolute Gasteiger partial charge is 0.504 e. The highest BCUT2D eigenvalue weighted by molar-refractivity contribution is 5.85. The Morgan fingerprint density at radius 1 is 0.636 bits per heavy atom. The van der Waals surface area contributed by atoms with Gasteiger partial charge < -0.3 is 30.6 Å². The molecule has 0 bridgehead atoms. The molecule has 0 aliphatic rings. The molecule has 0 saturated heterocycles. The first-order valence-corrected chi connectivity index (χ1v) is 6.28. The standard InChI is InChI=1S/C15H14O7/c16-9(5-7-1-3-10(17)14(21)12(7)19)6-8-2-4-11(18)15(22)13(8)20/h1-4,17-22H,5-6H2. The van der Waals surface area contributed by atoms with Crippen molar-refractivity contribution in [2.45, 2.75) is 12.8 Å². The van der Waals surface area contributed by atoms with Gasteiger partial charge in [-0.15, -0.1) is 0 Å². The Morgan fingerprint density at radius 3 is 1.36 bits per heavy atom. The van der Waals surface area contributed by atoms with Gasteiger partial charge >= 0.3 is 0 Å². The van der Waals surface area contributed by atoms with Crippen LogP contribution >= 0.6 is 0 Å². The van der Waals surface area contributed by atoms with Gasteiger partial charge in [0.05, 0.1) is 0 Å². The van der Waals surface area contributed by atoms with E-state index in [0.29, 0.717) is 0 Å². The lowest BCUT2D eigenvalue weighted by Gasteiger charge is -2.09. The van der Waals surface area contributed by atoms with Crippen molar-refractivity contribution in [2.75, 3.05) is 0 Å². The molecule has 7 nitrogen and oxygen atoms in total. The topological polar surface area (TPSA) is 138 Å². The number of ketones is 1. The van der Waals surface area contributed by atoms with E-state index >= 15 is 0 Å². The van der Waals surface area contributed by atoms with E-state index in [1.807, 2.05) is 0 Å². The van der Waals surface area contributed by atoms with E-state index in [9.17, 15) is 35.4 Å². The zero-order chi connectivity index (χ0) is 16.4. The Labute approximate surface area is 125 Å². The first-order valence-electron chi connectivity index (χ1n) is 6.28. The lowest BCUT2D eigenvalue weighted by atomic mass is 10.0. The average molecular weight is 306 g/mol. The molecule has 2 aromatic rings. The van der Waals surface area contributed by atoms with Crippen molar-refractivity contribution in [2.24, 2.45) is 0 Å². The van der Waals surface area contributed by atoms with Crippen molar-refractivity contribution < 1.29 is 35.4 Å². The van der Waals surface area contributed by atoms with Gasteiger partial charge in [-0.2, -0.15) is 0 Å². The van der Waals surface area contributed by atoms with Crippen molar-refractivity contribution in [3.05, 3.63) is 35.4 Å². The van der Waals surface area contributed by atoms with Crippen LogP contribution in [-0.2, 0) is 17.6 Å². The highest BCUT2D eigenvalue weighted by Crippen LogP contribution is 2.39. The SMILES string of the molecule is O=C(Cc1ccc(O)c(O)c1O)Cc1ccc(O)c(O)c1O. The van der Waals surface area contributed by atoms with Gasteiger partial charge in [-0.3, -0.25) is 4.79 Å². The fraction of sp³-hybridized carbons (Fsp3) is 0.133. The number of hydrogen-bond donors (Lipinski definition) is 6. The van der Waals surface area contributed by atoms with Crippen molar-refractivity contribution in [3.63, 3.8) is 0 Å². The molecular formula is C15H14O7. The second-order valence-corrected chi connectivity index (χ2v) is 4.77. The third-order valence-corrected chi connectivity index (χ3v) is 3.20. The summed E-state index contributed by atoms with van der Waals surface area (Å²) in [6.07, 6.45) is -0.499. The molecule has 0 fully saturated rings. The van der Waals surface area contributed by atoms with E-state index in [1.54, 1.807) is 0 Å². The molecule has 7 heteroatoms. The summed E-state index contributed by atoms with van der Waals surface area (Å²) in [5, 5.41) is 56.5. The van der Waals surface area contributed by atoms with Crippen molar-refractivity contribution in [1.82, 2.24) is 0 Å². The van der Waals surface area contributed by atoms with E-state index in [2.05, 4.69) is 0 Å². The molecular weight excluding hydrogens is 292 g/mol. The monoisotopic (exact) mass is 306 g/mol. The molecule has 2 aromatic carbocycles. The number of carbonyl (C=O) groups excluding carboxylic acids is 1. The summed E-state index contributed by atoms with van der Waals surface area (Å²) in [6.45, 7) is 0. The van der Waals surface area contributed by atoms with Gasteiger partial charge in [-0.1, -0.05) is 12.1 Å². The summed E-state index contributed by atoms with van der Waals surface area (Å²) in [7, 11) is 0. The summed E-state index contributed by atoms with van der Waals surface area (Å²) in [5.74, 6) is -4.03. The minimum Gasteiger partial charge on any atom is -0.504 e. The third-order valence-electron chi connectivity index (χ3n) is 3.20. The van der Waals surface area contributed by atoms with Gasteiger partial charge in [0.2, 0.25) is 11.5 Å². The number of phenols is 6. The quantitative estimate of drug-likeness (QED) is 0.468. The first kappa shape index (κ1) is 15.3. The number of aromatic hydroxyl groups is 6. The van der Waals surface area contributed by atoms with Crippen LogP contribution in [0.2, 0.25) is 0 Å². The third kappa shape index (κ3) is 2.83. The highest BCUT2D eigenvalue weighted by atomic mass is 16.3. The van der Waals surface area contributed by atoms with E-state index in [4.69, 9.17) is 0 Å². The van der Waals surface area contributed by atoms with Crippen LogP contribution in [0.15, 0.2) is 24.3 Å². The molecule has 0 spiro atoms. The van der Waals surface area contributed by atoms with E-state index < -0.39 is 40.3 Å². The Morgan fingerprint density at radius 2 is 1.00 bits per heavy atom. The van der Waals surface area contributed by atoms with Crippen LogP contribution in [0.4, 0.5) is 0 Å². The van der Waals surface area contributed by atoms with Gasteiger partial charge in [0.15, 0.2) is 23.0 Å². The van der Waals surface area contributed by atoms with E-state index in [-0.39, 0.29) is 24.0 Å². The number of benzene rings is 2. The number of hydrogen-bond acceptors (Lipinski definition) is 7. The zero-order valence-corrected chi connectivity index (χ0v) is 11.3. The predicted molar refractivity (Wildman–Crippen MR) is 75.3 cm³/mol. The predicted octanol–water partition coefficient (Wildman–Crippen LogP) is 1.27. The summed E-state index contributed by atoms with van der Waals surface area (Å²) < 4.78 is 0. The van der Waals surface area contributed by atoms with Crippen molar-refractivity contribution in [1.29, 1.82) is 0 Å². The molecule has 6 N–H and O–H groups in total. The highest BCUT2D eigenvalue weighted by Gasteiger charge is 2.17. The lowest BCUT2D eigenvalue weighted by Crippen LogP contribution is -2.07. The molecule has 116 valence electrons. The molecule has 0 aliphatic carbocycles. The van der Waals surface area contributed by atoms with Crippen LogP contribution in [0.1, 0.15) is 11.1 Å². The second-order valence-electron chi connectivity index (χ2n) is 4.77. The first-order chi connectivity index (χ1) is 10.3. The maximum absolute atomic E-state index is 12.0. The van der Waals surface area contributed by atoms with Crippen LogP contribution in [0.3, 0.4) is 0 Å². The zero-order valence-electron chi connectivity index (χ0n) is 11.3. The molecule has 2 rings (SSSR count). The van der Waals surface area contributed by atoms with E-state index in [1.165, 1.54) is 12.1 Å². The van der Waals surface area contributed by atoms with Crippen LogP contribution in [0, 0.1) is 0 Å². The maximum Gasteiger partial charge on any atom is 0.200 e. The Hall–Kier alpha value is -3.09. The summed E-state index contributed by atoms with van der Waals surface area (Å²) >= 11 is 0. The van der Waals surface area contributed by atoms with E-state index in [0.717, 1.165) is 12.1 Å². The van der Waals surface area contributed by atoms with Crippen molar-refractivity contribution >= 4 is 5.78 Å². The Kier molecular flexibility index (Phi) is 3.98. The summed E-state index contributed by atoms with van der Waals surface area (Å²) in [4.78, 5) is 12.0. The molecule has 0 heterocycles. The maximum atomic E-state index is 12.0. The second kappa shape index (κ2) is 5.72. The van der Waals surface area contributed by atoms with Crippen LogP contribution in [0.5, 0.6) is 34.5 Å². The molecule has 0 atom stereocenters. The van der Waals surface area contributed by atoms with Crippen LogP contribution in [0.25, 0.3) is 0 Å². The normalized spacial score (nSPS) is 10.5. The van der Waals surface area contributed by atoms with Gasteiger partial charge in [0, 0.05) is 24.0 Å². The fourth-order valence-electron chi connectivity index (χ4n) is 1.99. The Bertz CT molecular complexity index is 676. The molecule has 0 saturated carbocycles. The van der Waals surface area contributed by atoms with Gasteiger partial charge in [-0.25, -0.2) is 0 Å². The molecule has 0 amide bonds. The molecule has 0 radical (unpaired) electrons. The van der Waals surface area contributed by atoms with Gasteiger partial charge in [0.1, 0.15) is 5.78 Å². The fourth-order valence-corrected chi connectivity index (χ4v) is 1.99. The molecule has 0 unspecified atom stereocenters. The summed E-state index contributed by atoms with van der Waals surface area (Å²) in [6, 6.07) is 4.86. The molecule has 22 heavy (non-hydrogen) atoms. The van der Waals surface area contributed by atoms with Crippen LogP contribution < -0.4 is 0 Å². The lowest BCUT2D eigenvalue weighted by molar-refractivity contribution is -0.117. The average Bonchev–Trinajstić information content (AvgIpc) is 2.48. The number of carbonyl (C=O) groups is 1. The number of phenolic OH excluding ortho intramolecular Hbond substituents is 6. The minimum absolute atomic E-state index is 0.114. The number of Topliss-reactive ketones (excluding diaryl/α,β-unsaturated/α-hetero) is 1. The summed E-state index contributed by atoms with van der Waals surface area (Å²) in [5.41, 5.74) is 0.227. The van der Waals surface area contributed by atoms with Crippen molar-refractivity contribution in [3.8, 4) is 34.5 Å². The molecule has 0 aromatic heterocycles.